The Morgan fingerprint density at radius 1 is 1.08 bits per heavy atom. The van der Waals surface area contributed by atoms with Gasteiger partial charge >= 0.3 is 5.97 Å². The third-order valence-electron chi connectivity index (χ3n) is 3.81. The van der Waals surface area contributed by atoms with E-state index in [-0.39, 0.29) is 11.7 Å². The standard InChI is InChI=1S/C19H16N2O4S/c1-25-19(22)18(14-8-3-2-4-9-14)26-17-12-7-13-20(17)15-10-5-6-11-16(15)21(23)24/h2-13,18H,1H3. The molecule has 0 fully saturated rings. The fraction of sp³-hybridized carbons (Fsp3) is 0.105. The van der Waals surface area contributed by atoms with Crippen LogP contribution in [0.5, 0.6) is 0 Å². The van der Waals surface area contributed by atoms with E-state index in [9.17, 15) is 14.9 Å². The van der Waals surface area contributed by atoms with Crippen molar-refractivity contribution in [3.05, 3.63) is 88.6 Å². The van der Waals surface area contributed by atoms with E-state index in [1.54, 1.807) is 35.0 Å². The Balaban J connectivity index is 2.00. The summed E-state index contributed by atoms with van der Waals surface area (Å²) in [6.45, 7) is 0. The molecule has 6 nitrogen and oxygen atoms in total. The van der Waals surface area contributed by atoms with Gasteiger partial charge in [-0.25, -0.2) is 0 Å². The second-order valence-corrected chi connectivity index (χ2v) is 6.52. The summed E-state index contributed by atoms with van der Waals surface area (Å²) >= 11 is 1.29. The Kier molecular flexibility index (Phi) is 5.38. The number of rotatable bonds is 6. The molecule has 7 heteroatoms. The van der Waals surface area contributed by atoms with Crippen molar-refractivity contribution in [1.29, 1.82) is 0 Å². The summed E-state index contributed by atoms with van der Waals surface area (Å²) < 4.78 is 6.66. The van der Waals surface area contributed by atoms with Crippen LogP contribution in [0.3, 0.4) is 0 Å². The molecule has 3 aromatic rings. The maximum atomic E-state index is 12.3. The highest BCUT2D eigenvalue weighted by Gasteiger charge is 2.25. The third kappa shape index (κ3) is 3.62. The van der Waals surface area contributed by atoms with Crippen LogP contribution in [-0.4, -0.2) is 22.6 Å². The SMILES string of the molecule is COC(=O)C(Sc1cccn1-c1ccccc1[N+](=O)[O-])c1ccccc1. The van der Waals surface area contributed by atoms with Gasteiger partial charge < -0.3 is 9.30 Å². The maximum absolute atomic E-state index is 12.3. The molecule has 0 saturated heterocycles. The predicted octanol–water partition coefficient (Wildman–Crippen LogP) is 4.39. The van der Waals surface area contributed by atoms with Gasteiger partial charge in [-0.3, -0.25) is 14.9 Å². The fourth-order valence-electron chi connectivity index (χ4n) is 2.59. The van der Waals surface area contributed by atoms with Crippen molar-refractivity contribution in [1.82, 2.24) is 4.57 Å². The number of nitrogens with zero attached hydrogens (tertiary/aromatic N) is 2. The number of thioether (sulfide) groups is 1. The van der Waals surface area contributed by atoms with Crippen molar-refractivity contribution >= 4 is 23.4 Å². The lowest BCUT2D eigenvalue weighted by atomic mass is 10.1. The van der Waals surface area contributed by atoms with Gasteiger partial charge in [-0.2, -0.15) is 0 Å². The number of para-hydroxylation sites is 2. The van der Waals surface area contributed by atoms with Gasteiger partial charge in [0.05, 0.1) is 17.1 Å². The zero-order valence-corrected chi connectivity index (χ0v) is 14.8. The summed E-state index contributed by atoms with van der Waals surface area (Å²) in [6.07, 6.45) is 1.74. The molecule has 0 spiro atoms. The zero-order chi connectivity index (χ0) is 18.5. The lowest BCUT2D eigenvalue weighted by Crippen LogP contribution is -2.12. The number of benzene rings is 2. The van der Waals surface area contributed by atoms with Crippen LogP contribution in [0.2, 0.25) is 0 Å². The Hall–Kier alpha value is -3.06. The highest BCUT2D eigenvalue weighted by atomic mass is 32.2. The van der Waals surface area contributed by atoms with Gasteiger partial charge in [-0.05, 0) is 23.8 Å². The first kappa shape index (κ1) is 17.8. The van der Waals surface area contributed by atoms with Crippen molar-refractivity contribution in [2.45, 2.75) is 10.3 Å². The first-order valence-corrected chi connectivity index (χ1v) is 8.70. The van der Waals surface area contributed by atoms with Gasteiger partial charge in [0.15, 0.2) is 0 Å². The van der Waals surface area contributed by atoms with E-state index in [2.05, 4.69) is 0 Å². The van der Waals surface area contributed by atoms with Crippen molar-refractivity contribution in [2.75, 3.05) is 7.11 Å². The molecule has 26 heavy (non-hydrogen) atoms. The molecule has 1 unspecified atom stereocenters. The van der Waals surface area contributed by atoms with E-state index in [4.69, 9.17) is 4.74 Å². The molecule has 0 saturated carbocycles. The Morgan fingerprint density at radius 2 is 1.77 bits per heavy atom. The quantitative estimate of drug-likeness (QED) is 0.279. The van der Waals surface area contributed by atoms with Crippen LogP contribution in [0.15, 0.2) is 78.0 Å². The molecule has 0 aliphatic heterocycles. The van der Waals surface area contributed by atoms with E-state index < -0.39 is 10.2 Å². The number of nitro benzene ring substituents is 1. The Labute approximate surface area is 154 Å². The number of aromatic nitrogens is 1. The van der Waals surface area contributed by atoms with Crippen LogP contribution in [0.25, 0.3) is 5.69 Å². The van der Waals surface area contributed by atoms with Crippen LogP contribution < -0.4 is 0 Å². The van der Waals surface area contributed by atoms with E-state index in [1.165, 1.54) is 24.9 Å². The highest BCUT2D eigenvalue weighted by Crippen LogP contribution is 2.38. The van der Waals surface area contributed by atoms with Gasteiger partial charge in [-0.1, -0.05) is 54.2 Å². The second-order valence-electron chi connectivity index (χ2n) is 5.39. The number of nitro groups is 1. The average molecular weight is 368 g/mol. The van der Waals surface area contributed by atoms with Crippen LogP contribution >= 0.6 is 11.8 Å². The molecule has 0 amide bonds. The first-order chi connectivity index (χ1) is 12.6. The van der Waals surface area contributed by atoms with Crippen LogP contribution in [0, 0.1) is 10.1 Å². The molecule has 1 heterocycles. The smallest absolute Gasteiger partial charge is 0.323 e. The second kappa shape index (κ2) is 7.88. The normalized spacial score (nSPS) is 11.7. The van der Waals surface area contributed by atoms with Crippen LogP contribution in [-0.2, 0) is 9.53 Å². The minimum absolute atomic E-state index is 0.000112. The Bertz CT molecular complexity index is 924. The predicted molar refractivity (Wildman–Crippen MR) is 99.5 cm³/mol. The number of ether oxygens (including phenoxy) is 1. The van der Waals surface area contributed by atoms with Gasteiger partial charge in [0.2, 0.25) is 0 Å². The largest absolute Gasteiger partial charge is 0.468 e. The summed E-state index contributed by atoms with van der Waals surface area (Å²) in [5, 5.41) is 11.5. The summed E-state index contributed by atoms with van der Waals surface area (Å²) in [7, 11) is 1.35. The van der Waals surface area contributed by atoms with E-state index in [1.807, 2.05) is 36.4 Å². The van der Waals surface area contributed by atoms with Gasteiger partial charge in [0.25, 0.3) is 5.69 Å². The topological polar surface area (TPSA) is 74.4 Å². The molecule has 132 valence electrons. The summed E-state index contributed by atoms with van der Waals surface area (Å²) in [4.78, 5) is 23.2. The molecular weight excluding hydrogens is 352 g/mol. The van der Waals surface area contributed by atoms with E-state index in [0.29, 0.717) is 10.7 Å². The van der Waals surface area contributed by atoms with Gasteiger partial charge in [0, 0.05) is 12.3 Å². The lowest BCUT2D eigenvalue weighted by Gasteiger charge is -2.16. The number of methoxy groups -OCH3 is 1. The number of carbonyl (C=O) groups is 1. The summed E-state index contributed by atoms with van der Waals surface area (Å²) in [5.41, 5.74) is 1.25. The molecule has 1 atom stereocenters. The van der Waals surface area contributed by atoms with Crippen molar-refractivity contribution in [3.8, 4) is 5.69 Å². The van der Waals surface area contributed by atoms with Crippen molar-refractivity contribution in [2.24, 2.45) is 0 Å². The Morgan fingerprint density at radius 3 is 2.46 bits per heavy atom. The molecule has 0 bridgehead atoms. The van der Waals surface area contributed by atoms with Crippen molar-refractivity contribution in [3.63, 3.8) is 0 Å². The molecule has 2 aromatic carbocycles. The third-order valence-corrected chi connectivity index (χ3v) is 5.08. The first-order valence-electron chi connectivity index (χ1n) is 7.82. The molecule has 0 aliphatic carbocycles. The number of hydrogen-bond acceptors (Lipinski definition) is 5. The minimum Gasteiger partial charge on any atom is -0.468 e. The van der Waals surface area contributed by atoms with E-state index in [0.717, 1.165) is 5.56 Å². The van der Waals surface area contributed by atoms with E-state index >= 15 is 0 Å². The van der Waals surface area contributed by atoms with Gasteiger partial charge in [0.1, 0.15) is 10.9 Å². The zero-order valence-electron chi connectivity index (χ0n) is 13.9. The number of hydrogen-bond donors (Lipinski definition) is 0. The molecule has 1 aromatic heterocycles. The molecule has 3 rings (SSSR count). The summed E-state index contributed by atoms with van der Waals surface area (Å²) in [6, 6.07) is 19.4. The average Bonchev–Trinajstić information content (AvgIpc) is 3.14. The number of esters is 1. The van der Waals surface area contributed by atoms with Gasteiger partial charge in [-0.15, -0.1) is 0 Å². The summed E-state index contributed by atoms with van der Waals surface area (Å²) in [5.74, 6) is -0.378. The number of carbonyl (C=O) groups excluding carboxylic acids is 1. The lowest BCUT2D eigenvalue weighted by molar-refractivity contribution is -0.384. The van der Waals surface area contributed by atoms with Crippen LogP contribution in [0.4, 0.5) is 5.69 Å². The fourth-order valence-corrected chi connectivity index (χ4v) is 3.75. The molecule has 0 radical (unpaired) electrons. The highest BCUT2D eigenvalue weighted by molar-refractivity contribution is 8.00. The minimum atomic E-state index is -0.572. The molecular formula is C19H16N2O4S. The van der Waals surface area contributed by atoms with Crippen molar-refractivity contribution < 1.29 is 14.5 Å². The van der Waals surface area contributed by atoms with Crippen LogP contribution in [0.1, 0.15) is 10.8 Å². The molecule has 0 aliphatic rings. The molecule has 0 N–H and O–H groups in total. The monoisotopic (exact) mass is 368 g/mol. The maximum Gasteiger partial charge on any atom is 0.323 e.